The van der Waals surface area contributed by atoms with Crippen LogP contribution in [0.3, 0.4) is 0 Å². The summed E-state index contributed by atoms with van der Waals surface area (Å²) < 4.78 is 4.90. The summed E-state index contributed by atoms with van der Waals surface area (Å²) in [5.74, 6) is -1.98. The normalized spacial score (nSPS) is 12.2. The SMILES string of the molecule is C=CCOC(=O)CC(CCCCCCCCCCCCCCCCCCC/C=C/C)C(=O)O. The second kappa shape index (κ2) is 25.1. The van der Waals surface area contributed by atoms with Crippen LogP contribution in [0.15, 0.2) is 24.8 Å². The maximum atomic E-state index is 11.6. The Balaban J connectivity index is 3.36. The first kappa shape index (κ1) is 31.4. The highest BCUT2D eigenvalue weighted by Crippen LogP contribution is 2.18. The Kier molecular flexibility index (Phi) is 23.9. The molecule has 0 aromatic rings. The Hall–Kier alpha value is -1.58. The summed E-state index contributed by atoms with van der Waals surface area (Å²) in [7, 11) is 0. The van der Waals surface area contributed by atoms with Gasteiger partial charge in [0.15, 0.2) is 0 Å². The molecule has 0 bridgehead atoms. The monoisotopic (exact) mass is 464 g/mol. The number of carboxylic acids is 1. The van der Waals surface area contributed by atoms with Gasteiger partial charge in [-0.3, -0.25) is 9.59 Å². The van der Waals surface area contributed by atoms with Crippen molar-refractivity contribution in [3.63, 3.8) is 0 Å². The molecular weight excluding hydrogens is 412 g/mol. The van der Waals surface area contributed by atoms with E-state index in [9.17, 15) is 14.7 Å². The maximum Gasteiger partial charge on any atom is 0.307 e. The summed E-state index contributed by atoms with van der Waals surface area (Å²) in [6.07, 6.45) is 29.8. The highest BCUT2D eigenvalue weighted by atomic mass is 16.5. The first-order chi connectivity index (χ1) is 16.1. The molecule has 0 aliphatic heterocycles. The lowest BCUT2D eigenvalue weighted by atomic mass is 9.97. The van der Waals surface area contributed by atoms with E-state index < -0.39 is 17.9 Å². The minimum absolute atomic E-state index is 0.0414. The fourth-order valence-corrected chi connectivity index (χ4v) is 4.20. The van der Waals surface area contributed by atoms with Gasteiger partial charge >= 0.3 is 11.9 Å². The lowest BCUT2D eigenvalue weighted by molar-refractivity contribution is -0.151. The largest absolute Gasteiger partial charge is 0.481 e. The van der Waals surface area contributed by atoms with Crippen LogP contribution < -0.4 is 0 Å². The van der Waals surface area contributed by atoms with Crippen molar-refractivity contribution in [3.05, 3.63) is 24.8 Å². The lowest BCUT2D eigenvalue weighted by Crippen LogP contribution is -2.19. The molecule has 0 amide bonds. The van der Waals surface area contributed by atoms with Crippen LogP contribution in [0.4, 0.5) is 0 Å². The number of carbonyl (C=O) groups excluding carboxylic acids is 1. The van der Waals surface area contributed by atoms with Crippen molar-refractivity contribution in [2.45, 2.75) is 135 Å². The molecule has 0 radical (unpaired) electrons. The molecule has 0 saturated carbocycles. The third kappa shape index (κ3) is 23.4. The number of rotatable bonds is 25. The summed E-state index contributed by atoms with van der Waals surface area (Å²) in [4.78, 5) is 22.9. The van der Waals surface area contributed by atoms with Gasteiger partial charge < -0.3 is 9.84 Å². The first-order valence-corrected chi connectivity index (χ1v) is 13.7. The number of ether oxygens (including phenoxy) is 1. The molecule has 0 aromatic carbocycles. The van der Waals surface area contributed by atoms with Gasteiger partial charge in [-0.2, -0.15) is 0 Å². The molecule has 1 unspecified atom stereocenters. The molecular formula is C29H52O4. The number of unbranched alkanes of at least 4 members (excludes halogenated alkanes) is 17. The van der Waals surface area contributed by atoms with Crippen LogP contribution in [-0.2, 0) is 14.3 Å². The van der Waals surface area contributed by atoms with Crippen molar-refractivity contribution >= 4 is 11.9 Å². The van der Waals surface area contributed by atoms with E-state index in [4.69, 9.17) is 4.74 Å². The highest BCUT2D eigenvalue weighted by Gasteiger charge is 2.21. The van der Waals surface area contributed by atoms with Crippen molar-refractivity contribution in [1.82, 2.24) is 0 Å². The molecule has 0 aliphatic carbocycles. The molecule has 1 N–H and O–H groups in total. The molecule has 4 nitrogen and oxygen atoms in total. The average molecular weight is 465 g/mol. The van der Waals surface area contributed by atoms with Crippen molar-refractivity contribution in [2.75, 3.05) is 6.61 Å². The van der Waals surface area contributed by atoms with Crippen molar-refractivity contribution < 1.29 is 19.4 Å². The Morgan fingerprint density at radius 1 is 0.758 bits per heavy atom. The minimum Gasteiger partial charge on any atom is -0.481 e. The van der Waals surface area contributed by atoms with E-state index in [0.29, 0.717) is 6.42 Å². The van der Waals surface area contributed by atoms with Crippen LogP contribution in [0.2, 0.25) is 0 Å². The number of carbonyl (C=O) groups is 2. The molecule has 4 heteroatoms. The zero-order valence-electron chi connectivity index (χ0n) is 21.5. The Bertz CT molecular complexity index is 498. The molecule has 0 spiro atoms. The highest BCUT2D eigenvalue weighted by molar-refractivity contribution is 5.78. The van der Waals surface area contributed by atoms with E-state index >= 15 is 0 Å². The van der Waals surface area contributed by atoms with E-state index in [2.05, 4.69) is 25.7 Å². The number of aliphatic carboxylic acids is 1. The molecule has 33 heavy (non-hydrogen) atoms. The Labute approximate surface area is 204 Å². The van der Waals surface area contributed by atoms with Gasteiger partial charge in [-0.05, 0) is 26.2 Å². The van der Waals surface area contributed by atoms with Gasteiger partial charge in [0.05, 0.1) is 12.3 Å². The molecule has 0 aromatic heterocycles. The summed E-state index contributed by atoms with van der Waals surface area (Å²) >= 11 is 0. The van der Waals surface area contributed by atoms with Gasteiger partial charge in [0, 0.05) is 0 Å². The zero-order chi connectivity index (χ0) is 24.4. The molecule has 0 aliphatic rings. The van der Waals surface area contributed by atoms with Crippen LogP contribution in [0.25, 0.3) is 0 Å². The van der Waals surface area contributed by atoms with Crippen LogP contribution >= 0.6 is 0 Å². The van der Waals surface area contributed by atoms with Gasteiger partial charge in [0.2, 0.25) is 0 Å². The number of esters is 1. The van der Waals surface area contributed by atoms with Gasteiger partial charge in [0.25, 0.3) is 0 Å². The maximum absolute atomic E-state index is 11.6. The Morgan fingerprint density at radius 3 is 1.58 bits per heavy atom. The van der Waals surface area contributed by atoms with E-state index in [-0.39, 0.29) is 13.0 Å². The quantitative estimate of drug-likeness (QED) is 0.0832. The van der Waals surface area contributed by atoms with E-state index in [1.807, 2.05) is 0 Å². The van der Waals surface area contributed by atoms with Gasteiger partial charge in [-0.15, -0.1) is 0 Å². The van der Waals surface area contributed by atoms with E-state index in [0.717, 1.165) is 19.3 Å². The van der Waals surface area contributed by atoms with E-state index in [1.54, 1.807) is 0 Å². The zero-order valence-corrected chi connectivity index (χ0v) is 21.5. The van der Waals surface area contributed by atoms with Gasteiger partial charge in [0.1, 0.15) is 6.61 Å². The third-order valence-electron chi connectivity index (χ3n) is 6.28. The summed E-state index contributed by atoms with van der Waals surface area (Å²) in [6.45, 7) is 5.72. The smallest absolute Gasteiger partial charge is 0.307 e. The average Bonchev–Trinajstić information content (AvgIpc) is 2.80. The van der Waals surface area contributed by atoms with Crippen LogP contribution in [0.1, 0.15) is 135 Å². The molecule has 0 rings (SSSR count). The van der Waals surface area contributed by atoms with Gasteiger partial charge in [-0.1, -0.05) is 128 Å². The molecule has 0 fully saturated rings. The Morgan fingerprint density at radius 2 is 1.18 bits per heavy atom. The molecule has 1 atom stereocenters. The first-order valence-electron chi connectivity index (χ1n) is 13.7. The molecule has 0 saturated heterocycles. The fourth-order valence-electron chi connectivity index (χ4n) is 4.20. The standard InChI is InChI=1S/C29H52O4/c1-3-5-6-7-8-9-10-11-12-13-14-15-16-17-18-19-20-21-22-23-24-27(29(31)32)26-28(30)33-25-4-2/h3-5,27H,2,6-26H2,1H3,(H,31,32)/b5-3+. The number of hydrogen-bond acceptors (Lipinski definition) is 3. The second-order valence-corrected chi connectivity index (χ2v) is 9.37. The van der Waals surface area contributed by atoms with E-state index in [1.165, 1.54) is 102 Å². The summed E-state index contributed by atoms with van der Waals surface area (Å²) in [6, 6.07) is 0. The van der Waals surface area contributed by atoms with Crippen LogP contribution in [0.5, 0.6) is 0 Å². The minimum atomic E-state index is -0.902. The predicted molar refractivity (Wildman–Crippen MR) is 139 cm³/mol. The molecule has 0 heterocycles. The van der Waals surface area contributed by atoms with Crippen molar-refractivity contribution in [1.29, 1.82) is 0 Å². The third-order valence-corrected chi connectivity index (χ3v) is 6.28. The van der Waals surface area contributed by atoms with Crippen molar-refractivity contribution in [2.24, 2.45) is 5.92 Å². The predicted octanol–water partition coefficient (Wildman–Crippen LogP) is 8.79. The van der Waals surface area contributed by atoms with Crippen LogP contribution in [-0.4, -0.2) is 23.7 Å². The number of carboxylic acid groups (broad SMARTS) is 1. The second-order valence-electron chi connectivity index (χ2n) is 9.37. The van der Waals surface area contributed by atoms with Gasteiger partial charge in [-0.25, -0.2) is 0 Å². The summed E-state index contributed by atoms with van der Waals surface area (Å²) in [5.41, 5.74) is 0. The molecule has 192 valence electrons. The number of allylic oxidation sites excluding steroid dienone is 2. The fraction of sp³-hybridized carbons (Fsp3) is 0.793. The topological polar surface area (TPSA) is 63.6 Å². The lowest BCUT2D eigenvalue weighted by Gasteiger charge is -2.11. The van der Waals surface area contributed by atoms with Crippen LogP contribution in [0, 0.1) is 5.92 Å². The van der Waals surface area contributed by atoms with Crippen molar-refractivity contribution in [3.8, 4) is 0 Å². The summed E-state index contributed by atoms with van der Waals surface area (Å²) in [5, 5.41) is 9.28. The number of hydrogen-bond donors (Lipinski definition) is 1.